The van der Waals surface area contributed by atoms with Crippen LogP contribution < -0.4 is 10.6 Å². The molecule has 0 aliphatic rings. The molecular weight excluding hydrogens is 336 g/mol. The fourth-order valence-corrected chi connectivity index (χ4v) is 2.90. The lowest BCUT2D eigenvalue weighted by atomic mass is 10.1. The number of hydrogen-bond donors (Lipinski definition) is 2. The van der Waals surface area contributed by atoms with Gasteiger partial charge in [-0.2, -0.15) is 0 Å². The molecule has 3 aromatic rings. The molecule has 1 amide bonds. The molecule has 27 heavy (non-hydrogen) atoms. The van der Waals surface area contributed by atoms with Gasteiger partial charge in [-0.05, 0) is 47.7 Å². The van der Waals surface area contributed by atoms with E-state index in [2.05, 4.69) is 20.6 Å². The number of hydrogen-bond acceptors (Lipinski definition) is 4. The first-order valence-corrected chi connectivity index (χ1v) is 9.17. The molecule has 2 heterocycles. The van der Waals surface area contributed by atoms with Gasteiger partial charge in [-0.25, -0.2) is 0 Å². The predicted molar refractivity (Wildman–Crippen MR) is 106 cm³/mol. The number of benzene rings is 1. The summed E-state index contributed by atoms with van der Waals surface area (Å²) in [5.41, 5.74) is 3.27. The second-order valence-corrected chi connectivity index (χ2v) is 6.31. The molecule has 0 bridgehead atoms. The van der Waals surface area contributed by atoms with Gasteiger partial charge in [0.1, 0.15) is 6.04 Å². The van der Waals surface area contributed by atoms with Gasteiger partial charge >= 0.3 is 0 Å². The zero-order valence-electron chi connectivity index (χ0n) is 15.2. The SMILES string of the molecule is O=C(NCCc1ccncc1)C(NCCc1cccnc1)c1ccccc1. The highest BCUT2D eigenvalue weighted by Crippen LogP contribution is 2.13. The molecule has 2 aromatic heterocycles. The number of nitrogens with zero attached hydrogens (tertiary/aromatic N) is 2. The Bertz CT molecular complexity index is 809. The summed E-state index contributed by atoms with van der Waals surface area (Å²) >= 11 is 0. The van der Waals surface area contributed by atoms with Gasteiger partial charge in [0.05, 0.1) is 0 Å². The highest BCUT2D eigenvalue weighted by atomic mass is 16.2. The molecule has 0 saturated carbocycles. The highest BCUT2D eigenvalue weighted by molar-refractivity contribution is 5.83. The van der Waals surface area contributed by atoms with Gasteiger partial charge in [0.2, 0.25) is 5.91 Å². The number of nitrogens with one attached hydrogen (secondary N) is 2. The summed E-state index contributed by atoms with van der Waals surface area (Å²) in [6.07, 6.45) is 8.76. The molecule has 5 nitrogen and oxygen atoms in total. The van der Waals surface area contributed by atoms with Crippen LogP contribution in [0.1, 0.15) is 22.7 Å². The standard InChI is InChI=1S/C22H24N4O/c27-22(26-16-10-18-8-13-23-14-9-18)21(20-6-2-1-3-7-20)25-15-11-19-5-4-12-24-17-19/h1-9,12-14,17,21,25H,10-11,15-16H2,(H,26,27). The zero-order valence-corrected chi connectivity index (χ0v) is 15.2. The Morgan fingerprint density at radius 1 is 0.815 bits per heavy atom. The van der Waals surface area contributed by atoms with Crippen molar-refractivity contribution in [1.29, 1.82) is 0 Å². The van der Waals surface area contributed by atoms with Crippen molar-refractivity contribution >= 4 is 5.91 Å². The Hall–Kier alpha value is -3.05. The highest BCUT2D eigenvalue weighted by Gasteiger charge is 2.19. The molecule has 2 N–H and O–H groups in total. The van der Waals surface area contributed by atoms with E-state index in [1.807, 2.05) is 60.8 Å². The van der Waals surface area contributed by atoms with Crippen LogP contribution in [0.5, 0.6) is 0 Å². The summed E-state index contributed by atoms with van der Waals surface area (Å²) in [4.78, 5) is 20.9. The first kappa shape index (κ1) is 18.7. The lowest BCUT2D eigenvalue weighted by Crippen LogP contribution is -2.39. The van der Waals surface area contributed by atoms with E-state index in [1.165, 1.54) is 0 Å². The van der Waals surface area contributed by atoms with Gasteiger partial charge in [-0.15, -0.1) is 0 Å². The van der Waals surface area contributed by atoms with E-state index in [1.54, 1.807) is 18.6 Å². The van der Waals surface area contributed by atoms with Crippen molar-refractivity contribution in [2.24, 2.45) is 0 Å². The summed E-state index contributed by atoms with van der Waals surface area (Å²) in [6.45, 7) is 1.29. The van der Waals surface area contributed by atoms with Crippen LogP contribution in [0.2, 0.25) is 0 Å². The maximum absolute atomic E-state index is 12.8. The predicted octanol–water partition coefficient (Wildman–Crippen LogP) is 2.71. The van der Waals surface area contributed by atoms with Gasteiger partial charge in [-0.3, -0.25) is 14.8 Å². The minimum absolute atomic E-state index is 0.0126. The van der Waals surface area contributed by atoms with Crippen molar-refractivity contribution in [3.63, 3.8) is 0 Å². The van der Waals surface area contributed by atoms with Crippen LogP contribution in [0, 0.1) is 0 Å². The van der Waals surface area contributed by atoms with Crippen LogP contribution in [0.4, 0.5) is 0 Å². The van der Waals surface area contributed by atoms with Gasteiger partial charge in [0.15, 0.2) is 0 Å². The van der Waals surface area contributed by atoms with Gasteiger partial charge in [-0.1, -0.05) is 36.4 Å². The van der Waals surface area contributed by atoms with E-state index in [9.17, 15) is 4.79 Å². The van der Waals surface area contributed by atoms with Crippen LogP contribution in [-0.2, 0) is 17.6 Å². The normalized spacial score (nSPS) is 11.7. The fraction of sp³-hybridized carbons (Fsp3) is 0.227. The zero-order chi connectivity index (χ0) is 18.7. The van der Waals surface area contributed by atoms with Gasteiger partial charge in [0, 0.05) is 37.9 Å². The second-order valence-electron chi connectivity index (χ2n) is 6.31. The maximum Gasteiger partial charge on any atom is 0.241 e. The molecular formula is C22H24N4O. The first-order chi connectivity index (χ1) is 13.3. The van der Waals surface area contributed by atoms with E-state index in [-0.39, 0.29) is 11.9 Å². The van der Waals surface area contributed by atoms with E-state index < -0.39 is 0 Å². The van der Waals surface area contributed by atoms with Crippen molar-refractivity contribution in [3.8, 4) is 0 Å². The molecule has 1 unspecified atom stereocenters. The summed E-state index contributed by atoms with van der Waals surface area (Å²) in [7, 11) is 0. The summed E-state index contributed by atoms with van der Waals surface area (Å²) in [5.74, 6) is -0.0126. The minimum atomic E-state index is -0.375. The lowest BCUT2D eigenvalue weighted by molar-refractivity contribution is -0.123. The Balaban J connectivity index is 1.56. The quantitative estimate of drug-likeness (QED) is 0.616. The minimum Gasteiger partial charge on any atom is -0.354 e. The van der Waals surface area contributed by atoms with Crippen molar-refractivity contribution in [3.05, 3.63) is 96.1 Å². The molecule has 0 aliphatic carbocycles. The summed E-state index contributed by atoms with van der Waals surface area (Å²) in [5, 5.41) is 6.43. The first-order valence-electron chi connectivity index (χ1n) is 9.17. The van der Waals surface area contributed by atoms with Crippen molar-refractivity contribution < 1.29 is 4.79 Å². The molecule has 1 atom stereocenters. The average Bonchev–Trinajstić information content (AvgIpc) is 2.73. The van der Waals surface area contributed by atoms with E-state index in [4.69, 9.17) is 0 Å². The lowest BCUT2D eigenvalue weighted by Gasteiger charge is -2.19. The molecule has 3 rings (SSSR count). The third-order valence-electron chi connectivity index (χ3n) is 4.34. The fourth-order valence-electron chi connectivity index (χ4n) is 2.90. The molecule has 5 heteroatoms. The molecule has 138 valence electrons. The van der Waals surface area contributed by atoms with Crippen LogP contribution in [0.15, 0.2) is 79.4 Å². The number of carbonyl (C=O) groups excluding carboxylic acids is 1. The topological polar surface area (TPSA) is 66.9 Å². The Morgan fingerprint density at radius 3 is 2.33 bits per heavy atom. The molecule has 0 radical (unpaired) electrons. The van der Waals surface area contributed by atoms with Crippen LogP contribution in [0.3, 0.4) is 0 Å². The second kappa shape index (κ2) is 10.2. The number of pyridine rings is 2. The summed E-state index contributed by atoms with van der Waals surface area (Å²) in [6, 6.07) is 17.3. The van der Waals surface area contributed by atoms with Crippen LogP contribution in [0.25, 0.3) is 0 Å². The largest absolute Gasteiger partial charge is 0.354 e. The molecule has 0 saturated heterocycles. The molecule has 0 aliphatic heterocycles. The molecule has 1 aromatic carbocycles. The smallest absolute Gasteiger partial charge is 0.241 e. The number of amides is 1. The van der Waals surface area contributed by atoms with Crippen molar-refractivity contribution in [2.45, 2.75) is 18.9 Å². The monoisotopic (exact) mass is 360 g/mol. The number of carbonyl (C=O) groups is 1. The number of aromatic nitrogens is 2. The van der Waals surface area contributed by atoms with Crippen LogP contribution >= 0.6 is 0 Å². The van der Waals surface area contributed by atoms with Crippen molar-refractivity contribution in [1.82, 2.24) is 20.6 Å². The number of rotatable bonds is 9. The van der Waals surface area contributed by atoms with E-state index in [0.717, 1.165) is 29.5 Å². The van der Waals surface area contributed by atoms with E-state index >= 15 is 0 Å². The third-order valence-corrected chi connectivity index (χ3v) is 4.34. The Labute approximate surface area is 159 Å². The third kappa shape index (κ3) is 6.01. The Kier molecular flexibility index (Phi) is 7.07. The van der Waals surface area contributed by atoms with Crippen molar-refractivity contribution in [2.75, 3.05) is 13.1 Å². The molecule has 0 fully saturated rings. The molecule has 0 spiro atoms. The average molecular weight is 360 g/mol. The summed E-state index contributed by atoms with van der Waals surface area (Å²) < 4.78 is 0. The van der Waals surface area contributed by atoms with Gasteiger partial charge < -0.3 is 10.6 Å². The van der Waals surface area contributed by atoms with Crippen LogP contribution in [-0.4, -0.2) is 29.0 Å². The van der Waals surface area contributed by atoms with Gasteiger partial charge in [0.25, 0.3) is 0 Å². The Morgan fingerprint density at radius 2 is 1.59 bits per heavy atom. The van der Waals surface area contributed by atoms with E-state index in [0.29, 0.717) is 13.1 Å². The maximum atomic E-state index is 12.8.